The first-order valence-corrected chi connectivity index (χ1v) is 7.54. The smallest absolute Gasteiger partial charge is 0.320 e. The summed E-state index contributed by atoms with van der Waals surface area (Å²) in [5, 5.41) is 14.1. The van der Waals surface area contributed by atoms with Gasteiger partial charge in [0.15, 0.2) is 0 Å². The van der Waals surface area contributed by atoms with Gasteiger partial charge >= 0.3 is 12.0 Å². The van der Waals surface area contributed by atoms with Gasteiger partial charge in [-0.3, -0.25) is 10.1 Å². The Kier molecular flexibility index (Phi) is 6.16. The second kappa shape index (κ2) is 7.44. The summed E-state index contributed by atoms with van der Waals surface area (Å²) in [6, 6.07) is 1.32. The summed E-state index contributed by atoms with van der Waals surface area (Å²) >= 11 is 3.39. The van der Waals surface area contributed by atoms with Crippen molar-refractivity contribution in [3.63, 3.8) is 0 Å². The molecule has 0 bridgehead atoms. The Morgan fingerprint density at radius 2 is 2.05 bits per heavy atom. The number of carbonyl (C=O) groups excluding carboxylic acids is 1. The van der Waals surface area contributed by atoms with Gasteiger partial charge in [-0.25, -0.2) is 9.78 Å². The summed E-state index contributed by atoms with van der Waals surface area (Å²) in [5.74, 6) is -0.473. The molecule has 0 unspecified atom stereocenters. The lowest BCUT2D eigenvalue weighted by molar-refractivity contribution is -0.137. The van der Waals surface area contributed by atoms with Gasteiger partial charge in [0.2, 0.25) is 0 Å². The summed E-state index contributed by atoms with van der Waals surface area (Å²) in [6.07, 6.45) is 1.95. The second-order valence-corrected chi connectivity index (χ2v) is 6.63. The Labute approximate surface area is 138 Å². The number of carbonyl (C=O) groups is 2. The zero-order valence-electron chi connectivity index (χ0n) is 13.1. The Hall–Kier alpha value is -1.83. The number of aliphatic carboxylic acids is 1. The van der Waals surface area contributed by atoms with Gasteiger partial charge in [0, 0.05) is 38.3 Å². The number of hydrogen-bond donors (Lipinski definition) is 3. The number of halogens is 1. The number of anilines is 2. The molecule has 0 aromatic carbocycles. The van der Waals surface area contributed by atoms with E-state index in [-0.39, 0.29) is 6.42 Å². The molecule has 3 N–H and O–H groups in total. The van der Waals surface area contributed by atoms with Crippen LogP contribution in [0.25, 0.3) is 0 Å². The van der Waals surface area contributed by atoms with E-state index in [1.165, 1.54) is 0 Å². The van der Waals surface area contributed by atoms with Crippen LogP contribution < -0.4 is 15.5 Å². The predicted octanol–water partition coefficient (Wildman–Crippen LogP) is 2.67. The number of amides is 2. The van der Waals surface area contributed by atoms with Gasteiger partial charge in [0.25, 0.3) is 0 Å². The van der Waals surface area contributed by atoms with E-state index in [2.05, 4.69) is 31.5 Å². The highest BCUT2D eigenvalue weighted by molar-refractivity contribution is 9.10. The minimum atomic E-state index is -0.888. The molecule has 0 atom stereocenters. The number of hydrogen-bond acceptors (Lipinski definition) is 4. The van der Waals surface area contributed by atoms with Gasteiger partial charge in [-0.2, -0.15) is 0 Å². The molecule has 0 saturated carbocycles. The molecule has 0 radical (unpaired) electrons. The standard InChI is InChI=1S/C14H21BrN4O3/c1-14(2,6-5-12(20)21)18-13(22)17-11-7-10(19(3)4)9(15)8-16-11/h7-8H,5-6H2,1-4H3,(H,20,21)(H2,16,17,18,22). The molecule has 22 heavy (non-hydrogen) atoms. The van der Waals surface area contributed by atoms with Crippen molar-refractivity contribution >= 4 is 39.4 Å². The number of carboxylic acids is 1. The molecule has 0 aliphatic carbocycles. The molecule has 8 heteroatoms. The van der Waals surface area contributed by atoms with Crippen LogP contribution in [0.15, 0.2) is 16.7 Å². The Morgan fingerprint density at radius 3 is 2.59 bits per heavy atom. The van der Waals surface area contributed by atoms with Crippen molar-refractivity contribution in [1.29, 1.82) is 0 Å². The number of carboxylic acid groups (broad SMARTS) is 1. The average molecular weight is 373 g/mol. The molecule has 1 rings (SSSR count). The van der Waals surface area contributed by atoms with Crippen molar-refractivity contribution in [2.45, 2.75) is 32.2 Å². The zero-order chi connectivity index (χ0) is 16.9. The fourth-order valence-electron chi connectivity index (χ4n) is 1.78. The van der Waals surface area contributed by atoms with E-state index in [0.29, 0.717) is 12.2 Å². The molecule has 1 heterocycles. The molecule has 2 amide bonds. The van der Waals surface area contributed by atoms with Crippen molar-refractivity contribution in [3.8, 4) is 0 Å². The SMILES string of the molecule is CN(C)c1cc(NC(=O)NC(C)(C)CCC(=O)O)ncc1Br. The van der Waals surface area contributed by atoms with Crippen LogP contribution in [0.4, 0.5) is 16.3 Å². The van der Waals surface area contributed by atoms with Crippen LogP contribution in [0.1, 0.15) is 26.7 Å². The molecule has 7 nitrogen and oxygen atoms in total. The Bertz CT molecular complexity index is 561. The minimum absolute atomic E-state index is 0.00537. The van der Waals surface area contributed by atoms with Crippen LogP contribution in [-0.4, -0.2) is 41.7 Å². The van der Waals surface area contributed by atoms with E-state index < -0.39 is 17.5 Å². The van der Waals surface area contributed by atoms with E-state index in [9.17, 15) is 9.59 Å². The topological polar surface area (TPSA) is 94.6 Å². The summed E-state index contributed by atoms with van der Waals surface area (Å²) in [7, 11) is 3.78. The fourth-order valence-corrected chi connectivity index (χ4v) is 2.35. The third-order valence-electron chi connectivity index (χ3n) is 2.97. The Morgan fingerprint density at radius 1 is 1.41 bits per heavy atom. The molecule has 0 saturated heterocycles. The predicted molar refractivity (Wildman–Crippen MR) is 89.4 cm³/mol. The van der Waals surface area contributed by atoms with Crippen LogP contribution in [-0.2, 0) is 4.79 Å². The van der Waals surface area contributed by atoms with Gasteiger partial charge < -0.3 is 15.3 Å². The lowest BCUT2D eigenvalue weighted by Gasteiger charge is -2.25. The van der Waals surface area contributed by atoms with Crippen molar-refractivity contribution in [1.82, 2.24) is 10.3 Å². The number of nitrogens with zero attached hydrogens (tertiary/aromatic N) is 2. The first kappa shape index (κ1) is 18.2. The maximum Gasteiger partial charge on any atom is 0.320 e. The molecule has 0 spiro atoms. The maximum absolute atomic E-state index is 12.0. The Balaban J connectivity index is 2.69. The fraction of sp³-hybridized carbons (Fsp3) is 0.500. The van der Waals surface area contributed by atoms with Gasteiger partial charge in [-0.1, -0.05) is 0 Å². The van der Waals surface area contributed by atoms with Gasteiger partial charge in [0.05, 0.1) is 10.2 Å². The van der Waals surface area contributed by atoms with Crippen LogP contribution in [0.3, 0.4) is 0 Å². The molecule has 0 aliphatic rings. The molecule has 0 aliphatic heterocycles. The zero-order valence-corrected chi connectivity index (χ0v) is 14.7. The largest absolute Gasteiger partial charge is 0.481 e. The van der Waals surface area contributed by atoms with E-state index in [4.69, 9.17) is 5.11 Å². The molecule has 1 aromatic rings. The first-order valence-electron chi connectivity index (χ1n) is 6.74. The third kappa shape index (κ3) is 5.88. The van der Waals surface area contributed by atoms with Crippen molar-refractivity contribution in [2.24, 2.45) is 0 Å². The number of pyridine rings is 1. The quantitative estimate of drug-likeness (QED) is 0.713. The molecular formula is C14H21BrN4O3. The summed E-state index contributed by atoms with van der Waals surface area (Å²) in [6.45, 7) is 3.55. The number of urea groups is 1. The summed E-state index contributed by atoms with van der Waals surface area (Å²) in [4.78, 5) is 28.6. The van der Waals surface area contributed by atoms with Crippen molar-refractivity contribution < 1.29 is 14.7 Å². The van der Waals surface area contributed by atoms with Crippen LogP contribution in [0.2, 0.25) is 0 Å². The third-order valence-corrected chi connectivity index (χ3v) is 3.59. The van der Waals surface area contributed by atoms with Crippen LogP contribution in [0.5, 0.6) is 0 Å². The van der Waals surface area contributed by atoms with Crippen molar-refractivity contribution in [2.75, 3.05) is 24.3 Å². The maximum atomic E-state index is 12.0. The average Bonchev–Trinajstić information content (AvgIpc) is 2.38. The monoisotopic (exact) mass is 372 g/mol. The number of nitrogens with one attached hydrogen (secondary N) is 2. The normalized spacial score (nSPS) is 11.0. The highest BCUT2D eigenvalue weighted by Gasteiger charge is 2.21. The van der Waals surface area contributed by atoms with Gasteiger partial charge in [0.1, 0.15) is 5.82 Å². The van der Waals surface area contributed by atoms with E-state index >= 15 is 0 Å². The molecule has 122 valence electrons. The van der Waals surface area contributed by atoms with E-state index in [0.717, 1.165) is 10.2 Å². The molecule has 0 fully saturated rings. The van der Waals surface area contributed by atoms with Crippen LogP contribution >= 0.6 is 15.9 Å². The summed E-state index contributed by atoms with van der Waals surface area (Å²) < 4.78 is 0.824. The highest BCUT2D eigenvalue weighted by Crippen LogP contribution is 2.26. The molecule has 1 aromatic heterocycles. The highest BCUT2D eigenvalue weighted by atomic mass is 79.9. The van der Waals surface area contributed by atoms with Gasteiger partial charge in [-0.05, 0) is 36.2 Å². The second-order valence-electron chi connectivity index (χ2n) is 5.77. The minimum Gasteiger partial charge on any atom is -0.481 e. The first-order chi connectivity index (χ1) is 10.1. The van der Waals surface area contributed by atoms with E-state index in [1.54, 1.807) is 26.1 Å². The van der Waals surface area contributed by atoms with Crippen molar-refractivity contribution in [3.05, 3.63) is 16.7 Å². The van der Waals surface area contributed by atoms with Gasteiger partial charge in [-0.15, -0.1) is 0 Å². The number of rotatable bonds is 6. The molecular weight excluding hydrogens is 352 g/mol. The summed E-state index contributed by atoms with van der Waals surface area (Å²) in [5.41, 5.74) is 0.262. The lowest BCUT2D eigenvalue weighted by Crippen LogP contribution is -2.45. The van der Waals surface area contributed by atoms with E-state index in [1.807, 2.05) is 19.0 Å². The van der Waals surface area contributed by atoms with Crippen LogP contribution in [0, 0.1) is 0 Å². The number of aromatic nitrogens is 1. The lowest BCUT2D eigenvalue weighted by atomic mass is 9.99.